The van der Waals surface area contributed by atoms with Crippen LogP contribution in [-0.2, 0) is 16.5 Å². The first-order valence-electron chi connectivity index (χ1n) is 4.38. The minimum absolute atomic E-state index is 0. The Balaban J connectivity index is 0.00000196. The molecule has 0 saturated carbocycles. The van der Waals surface area contributed by atoms with Crippen LogP contribution in [0.15, 0.2) is 6.07 Å². The van der Waals surface area contributed by atoms with E-state index in [1.54, 1.807) is 11.3 Å². The summed E-state index contributed by atoms with van der Waals surface area (Å²) in [5.74, 6) is -0.263. The summed E-state index contributed by atoms with van der Waals surface area (Å²) in [5, 5.41) is 0. The van der Waals surface area contributed by atoms with Crippen LogP contribution < -0.4 is 29.6 Å². The van der Waals surface area contributed by atoms with E-state index in [1.165, 1.54) is 9.75 Å². The van der Waals surface area contributed by atoms with Crippen molar-refractivity contribution in [1.29, 1.82) is 0 Å². The molecule has 3 nitrogen and oxygen atoms in total. The molecule has 0 amide bonds. The van der Waals surface area contributed by atoms with E-state index in [0.29, 0.717) is 12.8 Å². The Morgan fingerprint density at radius 2 is 2.00 bits per heavy atom. The molecule has 0 atom stereocenters. The smallest absolute Gasteiger partial charge is 0.748 e. The first-order chi connectivity index (χ1) is 6.38. The zero-order valence-electron chi connectivity index (χ0n) is 9.24. The van der Waals surface area contributed by atoms with E-state index in [4.69, 9.17) is 0 Å². The van der Waals surface area contributed by atoms with Crippen molar-refractivity contribution < 1.29 is 42.5 Å². The van der Waals surface area contributed by atoms with E-state index >= 15 is 0 Å². The molecule has 15 heavy (non-hydrogen) atoms. The van der Waals surface area contributed by atoms with E-state index in [0.717, 1.165) is 5.56 Å². The molecule has 0 spiro atoms. The summed E-state index contributed by atoms with van der Waals surface area (Å²) in [5.41, 5.74) is 1.16. The van der Waals surface area contributed by atoms with Crippen LogP contribution in [0.4, 0.5) is 0 Å². The number of hydrogen-bond donors (Lipinski definition) is 0. The fourth-order valence-corrected chi connectivity index (χ4v) is 2.85. The van der Waals surface area contributed by atoms with Crippen LogP contribution in [0.1, 0.15) is 21.7 Å². The summed E-state index contributed by atoms with van der Waals surface area (Å²) in [4.78, 5) is 2.44. The van der Waals surface area contributed by atoms with Gasteiger partial charge in [0.05, 0.1) is 10.1 Å². The summed E-state index contributed by atoms with van der Waals surface area (Å²) in [6.07, 6.45) is 1.10. The van der Waals surface area contributed by atoms with Crippen molar-refractivity contribution in [2.45, 2.75) is 26.7 Å². The monoisotopic (exact) mass is 256 g/mol. The second kappa shape index (κ2) is 6.37. The topological polar surface area (TPSA) is 57.2 Å². The number of aryl methyl sites for hydroxylation is 3. The Labute approximate surface area is 117 Å². The molecular weight excluding hydrogens is 243 g/mol. The Bertz CT molecular complexity index is 409. The van der Waals surface area contributed by atoms with Crippen LogP contribution in [0.5, 0.6) is 0 Å². The Morgan fingerprint density at radius 3 is 2.40 bits per heavy atom. The number of rotatable bonds is 4. The maximum Gasteiger partial charge on any atom is 1.00 e. The van der Waals surface area contributed by atoms with Gasteiger partial charge in [0, 0.05) is 15.5 Å². The maximum atomic E-state index is 10.4. The molecule has 1 aromatic rings. The summed E-state index contributed by atoms with van der Waals surface area (Å²) in [7, 11) is -4.05. The van der Waals surface area contributed by atoms with Gasteiger partial charge in [0.1, 0.15) is 0 Å². The third-order valence-corrected chi connectivity index (χ3v) is 3.78. The van der Waals surface area contributed by atoms with Gasteiger partial charge in [0.25, 0.3) is 0 Å². The second-order valence-corrected chi connectivity index (χ2v) is 6.29. The first-order valence-corrected chi connectivity index (χ1v) is 6.77. The van der Waals surface area contributed by atoms with Crippen LogP contribution in [0.2, 0.25) is 0 Å². The van der Waals surface area contributed by atoms with Gasteiger partial charge < -0.3 is 4.55 Å². The van der Waals surface area contributed by atoms with Gasteiger partial charge in [-0.05, 0) is 38.3 Å². The van der Waals surface area contributed by atoms with Crippen molar-refractivity contribution in [1.82, 2.24) is 0 Å². The van der Waals surface area contributed by atoms with Gasteiger partial charge in [-0.15, -0.1) is 11.3 Å². The zero-order valence-corrected chi connectivity index (χ0v) is 12.9. The minimum Gasteiger partial charge on any atom is -0.748 e. The normalized spacial score (nSPS) is 11.1. The average molecular weight is 256 g/mol. The van der Waals surface area contributed by atoms with Gasteiger partial charge in [-0.3, -0.25) is 0 Å². The maximum absolute atomic E-state index is 10.4. The molecule has 80 valence electrons. The van der Waals surface area contributed by atoms with Crippen molar-refractivity contribution >= 4 is 21.5 Å². The fourth-order valence-electron chi connectivity index (χ4n) is 1.37. The number of hydrogen-bond acceptors (Lipinski definition) is 4. The van der Waals surface area contributed by atoms with Crippen molar-refractivity contribution in [2.75, 3.05) is 5.75 Å². The van der Waals surface area contributed by atoms with Gasteiger partial charge in [-0.1, -0.05) is 0 Å². The van der Waals surface area contributed by atoms with E-state index in [1.807, 2.05) is 13.8 Å². The quantitative estimate of drug-likeness (QED) is 0.505. The molecule has 0 bridgehead atoms. The molecule has 1 aromatic heterocycles. The van der Waals surface area contributed by atoms with E-state index in [-0.39, 0.29) is 35.3 Å². The minimum atomic E-state index is -4.05. The predicted octanol–water partition coefficient (Wildman–Crippen LogP) is -1.15. The van der Waals surface area contributed by atoms with Gasteiger partial charge in [-0.2, -0.15) is 0 Å². The first kappa shape index (κ1) is 15.6. The summed E-state index contributed by atoms with van der Waals surface area (Å²) >= 11 is 1.70. The van der Waals surface area contributed by atoms with Gasteiger partial charge in [0.2, 0.25) is 0 Å². The van der Waals surface area contributed by atoms with Crippen LogP contribution >= 0.6 is 11.3 Å². The molecule has 0 radical (unpaired) electrons. The molecule has 0 aliphatic carbocycles. The molecule has 0 saturated heterocycles. The Morgan fingerprint density at radius 1 is 1.40 bits per heavy atom. The molecule has 1 heterocycles. The predicted molar refractivity (Wildman–Crippen MR) is 56.7 cm³/mol. The van der Waals surface area contributed by atoms with E-state index < -0.39 is 10.1 Å². The van der Waals surface area contributed by atoms with Gasteiger partial charge in [0.15, 0.2) is 0 Å². The largest absolute Gasteiger partial charge is 1.00 e. The van der Waals surface area contributed by atoms with Crippen molar-refractivity contribution in [3.05, 3.63) is 21.4 Å². The van der Waals surface area contributed by atoms with Gasteiger partial charge in [-0.25, -0.2) is 8.42 Å². The molecule has 0 fully saturated rings. The molecule has 6 heteroatoms. The van der Waals surface area contributed by atoms with Crippen LogP contribution in [-0.4, -0.2) is 18.7 Å². The fraction of sp³-hybridized carbons (Fsp3) is 0.556. The van der Waals surface area contributed by atoms with Crippen molar-refractivity contribution in [3.63, 3.8) is 0 Å². The van der Waals surface area contributed by atoms with E-state index in [9.17, 15) is 13.0 Å². The van der Waals surface area contributed by atoms with Crippen LogP contribution in [0, 0.1) is 13.8 Å². The van der Waals surface area contributed by atoms with Crippen molar-refractivity contribution in [3.8, 4) is 0 Å². The summed E-state index contributed by atoms with van der Waals surface area (Å²) in [6.45, 7) is 4.03. The molecular formula is C9H13NaO3S2. The standard InChI is InChI=1S/C9H14O3S2.Na/c1-7-6-9(8(2)13-7)4-3-5-14(10,11)12;/h6H,3-5H2,1-2H3,(H,10,11,12);/q;+1/p-1. The molecule has 0 N–H and O–H groups in total. The van der Waals surface area contributed by atoms with Crippen LogP contribution in [0.25, 0.3) is 0 Å². The third-order valence-electron chi connectivity index (χ3n) is 1.98. The SMILES string of the molecule is Cc1cc(CCCS(=O)(=O)[O-])c(C)s1.[Na+]. The summed E-state index contributed by atoms with van der Waals surface area (Å²) < 4.78 is 31.1. The van der Waals surface area contributed by atoms with E-state index in [2.05, 4.69) is 6.07 Å². The number of thiophene rings is 1. The molecule has 0 unspecified atom stereocenters. The van der Waals surface area contributed by atoms with Gasteiger partial charge >= 0.3 is 29.6 Å². The van der Waals surface area contributed by atoms with Crippen molar-refractivity contribution in [2.24, 2.45) is 0 Å². The molecule has 0 aromatic carbocycles. The summed E-state index contributed by atoms with van der Waals surface area (Å²) in [6, 6.07) is 2.05. The molecule has 0 aliphatic rings. The zero-order chi connectivity index (χ0) is 10.8. The average Bonchev–Trinajstić information content (AvgIpc) is 2.27. The van der Waals surface area contributed by atoms with Crippen LogP contribution in [0.3, 0.4) is 0 Å². The third kappa shape index (κ3) is 6.04. The Hall–Kier alpha value is 0.610. The Kier molecular flexibility index (Phi) is 6.63. The second-order valence-electron chi connectivity index (χ2n) is 3.30. The molecule has 0 aliphatic heterocycles. The molecule has 1 rings (SSSR count).